The highest BCUT2D eigenvalue weighted by Gasteiger charge is 2.21. The van der Waals surface area contributed by atoms with E-state index in [0.717, 1.165) is 12.8 Å². The van der Waals surface area contributed by atoms with E-state index in [1.54, 1.807) is 0 Å². The molecule has 0 N–H and O–H groups in total. The molecule has 334 valence electrons. The first kappa shape index (κ1) is 43.0. The van der Waals surface area contributed by atoms with Crippen LogP contribution < -0.4 is 0 Å². The fraction of sp³-hybridized carbons (Fsp3) is 0.0286. The summed E-state index contributed by atoms with van der Waals surface area (Å²) in [6.45, 7) is 0. The second-order valence-electron chi connectivity index (χ2n) is 18.9. The molecule has 0 bridgehead atoms. The second-order valence-corrected chi connectivity index (χ2v) is 18.9. The SMILES string of the molecule is C1=Cc2cccc(-c3cccc4c(-c5ccc6ccc(-c7ccc(-c8cccc9ccccc89)c8c(-c9cccc%10ccccc9%10)cccc78)cc6c5)ccc(-c5cccc6ccccc56)c34)c2CC1.I. The van der Waals surface area contributed by atoms with Crippen LogP contribution in [0.5, 0.6) is 0 Å². The van der Waals surface area contributed by atoms with Crippen molar-refractivity contribution in [3.8, 4) is 66.8 Å². The Morgan fingerprint density at radius 2 is 0.634 bits per heavy atom. The van der Waals surface area contributed by atoms with Crippen LogP contribution in [0.4, 0.5) is 0 Å². The minimum atomic E-state index is 0. The number of rotatable bonds is 6. The molecule has 0 amide bonds. The molecule has 13 aromatic rings. The number of hydrogen-bond acceptors (Lipinski definition) is 0. The Balaban J connectivity index is 0.00000492. The van der Waals surface area contributed by atoms with Crippen LogP contribution in [-0.4, -0.2) is 0 Å². The molecule has 0 heterocycles. The molecular formula is C70H47I. The molecule has 0 aliphatic heterocycles. The summed E-state index contributed by atoms with van der Waals surface area (Å²) < 4.78 is 0. The van der Waals surface area contributed by atoms with E-state index in [0.29, 0.717) is 0 Å². The van der Waals surface area contributed by atoms with Crippen LogP contribution >= 0.6 is 24.0 Å². The van der Waals surface area contributed by atoms with E-state index in [-0.39, 0.29) is 24.0 Å². The van der Waals surface area contributed by atoms with Gasteiger partial charge in [0.15, 0.2) is 0 Å². The maximum atomic E-state index is 2.42. The summed E-state index contributed by atoms with van der Waals surface area (Å²) in [5.41, 5.74) is 17.8. The molecule has 0 fully saturated rings. The van der Waals surface area contributed by atoms with Crippen LogP contribution in [-0.2, 0) is 6.42 Å². The Labute approximate surface area is 431 Å². The van der Waals surface area contributed by atoms with Crippen molar-refractivity contribution < 1.29 is 0 Å². The molecule has 0 atom stereocenters. The van der Waals surface area contributed by atoms with Gasteiger partial charge in [-0.15, -0.1) is 24.0 Å². The smallest absolute Gasteiger partial charge is 0.00201 e. The molecule has 1 heteroatoms. The minimum absolute atomic E-state index is 0. The fourth-order valence-electron chi connectivity index (χ4n) is 11.9. The van der Waals surface area contributed by atoms with Crippen LogP contribution in [0.2, 0.25) is 0 Å². The third-order valence-electron chi connectivity index (χ3n) is 15.1. The van der Waals surface area contributed by atoms with Crippen molar-refractivity contribution >= 4 is 94.7 Å². The van der Waals surface area contributed by atoms with Gasteiger partial charge in [0.25, 0.3) is 0 Å². The van der Waals surface area contributed by atoms with Gasteiger partial charge in [-0.2, -0.15) is 0 Å². The number of allylic oxidation sites excluding steroid dienone is 1. The Bertz CT molecular complexity index is 4200. The van der Waals surface area contributed by atoms with E-state index in [1.165, 1.54) is 143 Å². The molecule has 0 unspecified atom stereocenters. The van der Waals surface area contributed by atoms with Crippen molar-refractivity contribution in [1.82, 2.24) is 0 Å². The van der Waals surface area contributed by atoms with Gasteiger partial charge in [-0.1, -0.05) is 243 Å². The lowest BCUT2D eigenvalue weighted by Crippen LogP contribution is -1.98. The fourth-order valence-corrected chi connectivity index (χ4v) is 11.9. The van der Waals surface area contributed by atoms with Gasteiger partial charge in [0, 0.05) is 0 Å². The summed E-state index contributed by atoms with van der Waals surface area (Å²) in [5.74, 6) is 0. The van der Waals surface area contributed by atoms with E-state index in [1.807, 2.05) is 0 Å². The molecule has 0 saturated carbocycles. The molecule has 0 saturated heterocycles. The average Bonchev–Trinajstić information content (AvgIpc) is 3.43. The third-order valence-corrected chi connectivity index (χ3v) is 15.1. The van der Waals surface area contributed by atoms with Gasteiger partial charge in [-0.3, -0.25) is 0 Å². The van der Waals surface area contributed by atoms with E-state index in [2.05, 4.69) is 255 Å². The zero-order valence-corrected chi connectivity index (χ0v) is 41.4. The highest BCUT2D eigenvalue weighted by atomic mass is 127. The molecule has 0 aromatic heterocycles. The average molecular weight is 1020 g/mol. The van der Waals surface area contributed by atoms with E-state index in [9.17, 15) is 0 Å². The standard InChI is InChI=1S/C70H46.HI/c1-5-23-53-46(15-1)19-9-27-59(53)65-33-13-31-63-57(39-41-67(69(63)65)61-29-11-21-48-17-3-7-25-55(48)61)50-37-35-45-36-38-51(44-52(45)43-50)58-40-42-68(62-30-12-22-49-18-4-8-26-56(49)62)70-64(58)32-14-34-66(70)60-28-10-20-47-16-2-6-24-54(47)60;/h1-5,7-23,25-44H,6,24H2;1H. The van der Waals surface area contributed by atoms with Gasteiger partial charge < -0.3 is 0 Å². The maximum Gasteiger partial charge on any atom is -0.00201 e. The minimum Gasteiger partial charge on any atom is -0.107 e. The molecule has 1 aliphatic carbocycles. The first-order valence-corrected chi connectivity index (χ1v) is 24.6. The summed E-state index contributed by atoms with van der Waals surface area (Å²) in [6.07, 6.45) is 6.72. The number of halogens is 1. The van der Waals surface area contributed by atoms with E-state index < -0.39 is 0 Å². The largest absolute Gasteiger partial charge is 0.107 e. The van der Waals surface area contributed by atoms with Crippen molar-refractivity contribution in [2.75, 3.05) is 0 Å². The van der Waals surface area contributed by atoms with Gasteiger partial charge in [-0.25, -0.2) is 0 Å². The van der Waals surface area contributed by atoms with Crippen molar-refractivity contribution in [3.05, 3.63) is 260 Å². The third kappa shape index (κ3) is 7.18. The number of hydrogen-bond donors (Lipinski definition) is 0. The van der Waals surface area contributed by atoms with Crippen molar-refractivity contribution in [1.29, 1.82) is 0 Å². The highest BCUT2D eigenvalue weighted by molar-refractivity contribution is 14.0. The van der Waals surface area contributed by atoms with Crippen LogP contribution in [0.1, 0.15) is 17.5 Å². The summed E-state index contributed by atoms with van der Waals surface area (Å²) in [7, 11) is 0. The Morgan fingerprint density at radius 3 is 1.15 bits per heavy atom. The molecular weight excluding hydrogens is 968 g/mol. The molecule has 14 rings (SSSR count). The van der Waals surface area contributed by atoms with Crippen LogP contribution in [0, 0.1) is 0 Å². The monoisotopic (exact) mass is 1010 g/mol. The lowest BCUT2D eigenvalue weighted by molar-refractivity contribution is 0.988. The van der Waals surface area contributed by atoms with Crippen molar-refractivity contribution in [3.63, 3.8) is 0 Å². The van der Waals surface area contributed by atoms with Gasteiger partial charge in [0.2, 0.25) is 0 Å². The second kappa shape index (κ2) is 17.7. The Kier molecular flexibility index (Phi) is 10.7. The van der Waals surface area contributed by atoms with Gasteiger partial charge in [0.1, 0.15) is 0 Å². The molecule has 71 heavy (non-hydrogen) atoms. The topological polar surface area (TPSA) is 0 Å². The zero-order chi connectivity index (χ0) is 46.1. The quantitative estimate of drug-likeness (QED) is 0.146. The van der Waals surface area contributed by atoms with Crippen LogP contribution in [0.3, 0.4) is 0 Å². The van der Waals surface area contributed by atoms with E-state index >= 15 is 0 Å². The Hall–Kier alpha value is -8.11. The first-order chi connectivity index (χ1) is 34.7. The molecule has 0 spiro atoms. The van der Waals surface area contributed by atoms with Crippen molar-refractivity contribution in [2.45, 2.75) is 12.8 Å². The number of fused-ring (bicyclic) bond motifs is 7. The molecule has 0 radical (unpaired) electrons. The maximum absolute atomic E-state index is 2.42. The summed E-state index contributed by atoms with van der Waals surface area (Å²) in [5, 5.41) is 15.0. The van der Waals surface area contributed by atoms with Crippen LogP contribution in [0.25, 0.3) is 137 Å². The highest BCUT2D eigenvalue weighted by Crippen LogP contribution is 2.47. The summed E-state index contributed by atoms with van der Waals surface area (Å²) in [6, 6.07) is 90.8. The molecule has 13 aromatic carbocycles. The zero-order valence-electron chi connectivity index (χ0n) is 39.1. The van der Waals surface area contributed by atoms with Crippen LogP contribution in [0.15, 0.2) is 249 Å². The lowest BCUT2D eigenvalue weighted by Gasteiger charge is -2.21. The molecule has 1 aliphatic rings. The van der Waals surface area contributed by atoms with Gasteiger partial charge >= 0.3 is 0 Å². The van der Waals surface area contributed by atoms with Gasteiger partial charge in [-0.05, 0) is 167 Å². The summed E-state index contributed by atoms with van der Waals surface area (Å²) in [4.78, 5) is 0. The molecule has 0 nitrogen and oxygen atoms in total. The first-order valence-electron chi connectivity index (χ1n) is 24.6. The Morgan fingerprint density at radius 1 is 0.254 bits per heavy atom. The normalized spacial score (nSPS) is 12.2. The predicted octanol–water partition coefficient (Wildman–Crippen LogP) is 20.2. The summed E-state index contributed by atoms with van der Waals surface area (Å²) >= 11 is 0. The van der Waals surface area contributed by atoms with Crippen molar-refractivity contribution in [2.24, 2.45) is 0 Å². The van der Waals surface area contributed by atoms with E-state index in [4.69, 9.17) is 0 Å². The predicted molar refractivity (Wildman–Crippen MR) is 317 cm³/mol. The number of benzene rings is 13. The lowest BCUT2D eigenvalue weighted by atomic mass is 9.83. The van der Waals surface area contributed by atoms with Gasteiger partial charge in [0.05, 0.1) is 0 Å².